The maximum Gasteiger partial charge on any atom is 0.407 e. The summed E-state index contributed by atoms with van der Waals surface area (Å²) in [5.41, 5.74) is 11.4. The number of carbonyl (C=O) groups is 1. The number of fused-ring (bicyclic) bond motifs is 1. The maximum absolute atomic E-state index is 14.0. The molecule has 6 N–H and O–H groups in total. The number of benzene rings is 1. The van der Waals surface area contributed by atoms with Gasteiger partial charge < -0.3 is 26.8 Å². The zero-order valence-corrected chi connectivity index (χ0v) is 22.3. The van der Waals surface area contributed by atoms with Crippen LogP contribution in [-0.2, 0) is 0 Å². The van der Waals surface area contributed by atoms with Gasteiger partial charge in [-0.25, -0.2) is 9.78 Å². The molecule has 3 unspecified atom stereocenters. The SMILES string of the molecule is CC(Nc1nc(N)nc(N)c1C#N)c1nc2cccc(Cl)c2c(=O)n1C1CCN(C(=O)O)C(C(C)(C)C)C1. The van der Waals surface area contributed by atoms with Crippen molar-refractivity contribution in [3.05, 3.63) is 45.0 Å². The van der Waals surface area contributed by atoms with Gasteiger partial charge in [-0.05, 0) is 37.3 Å². The second-order valence-electron chi connectivity index (χ2n) is 10.5. The average molecular weight is 540 g/mol. The number of anilines is 3. The second-order valence-corrected chi connectivity index (χ2v) is 10.9. The monoisotopic (exact) mass is 539 g/mol. The fourth-order valence-corrected chi connectivity index (χ4v) is 5.34. The second kappa shape index (κ2) is 9.98. The molecule has 12 nitrogen and oxygen atoms in total. The first kappa shape index (κ1) is 26.9. The Balaban J connectivity index is 1.87. The largest absolute Gasteiger partial charge is 0.465 e. The number of carboxylic acid groups (broad SMARTS) is 1. The molecule has 13 heteroatoms. The molecule has 4 rings (SSSR count). The van der Waals surface area contributed by atoms with Crippen LogP contribution in [0.25, 0.3) is 10.9 Å². The number of likely N-dealkylation sites (tertiary alicyclic amines) is 1. The molecule has 0 bridgehead atoms. The molecule has 38 heavy (non-hydrogen) atoms. The third-order valence-electron chi connectivity index (χ3n) is 6.90. The average Bonchev–Trinajstić information content (AvgIpc) is 2.82. The molecule has 1 aromatic carbocycles. The zero-order chi connectivity index (χ0) is 27.9. The van der Waals surface area contributed by atoms with Gasteiger partial charge in [0.2, 0.25) is 5.95 Å². The Morgan fingerprint density at radius 1 is 1.29 bits per heavy atom. The highest BCUT2D eigenvalue weighted by atomic mass is 35.5. The van der Waals surface area contributed by atoms with Crippen LogP contribution >= 0.6 is 11.6 Å². The van der Waals surface area contributed by atoms with Crippen molar-refractivity contribution in [2.75, 3.05) is 23.3 Å². The van der Waals surface area contributed by atoms with Crippen molar-refractivity contribution in [1.82, 2.24) is 24.4 Å². The molecule has 2 aromatic heterocycles. The summed E-state index contributed by atoms with van der Waals surface area (Å²) >= 11 is 6.44. The number of nitrogens with zero attached hydrogens (tertiary/aromatic N) is 6. The highest BCUT2D eigenvalue weighted by molar-refractivity contribution is 6.35. The number of piperidine rings is 1. The Labute approximate surface area is 224 Å². The Hall–Kier alpha value is -4.11. The van der Waals surface area contributed by atoms with E-state index in [0.29, 0.717) is 24.2 Å². The number of hydrogen-bond donors (Lipinski definition) is 4. The molecule has 3 aromatic rings. The molecule has 1 saturated heterocycles. The van der Waals surface area contributed by atoms with Gasteiger partial charge in [0.25, 0.3) is 5.56 Å². The molecule has 1 amide bonds. The Bertz CT molecular complexity index is 1510. The number of halogens is 1. The van der Waals surface area contributed by atoms with Gasteiger partial charge in [0.15, 0.2) is 5.82 Å². The lowest BCUT2D eigenvalue weighted by atomic mass is 9.79. The van der Waals surface area contributed by atoms with Crippen molar-refractivity contribution in [2.45, 2.75) is 58.7 Å². The van der Waals surface area contributed by atoms with E-state index in [0.717, 1.165) is 0 Å². The molecule has 0 radical (unpaired) electrons. The van der Waals surface area contributed by atoms with Crippen LogP contribution < -0.4 is 22.3 Å². The highest BCUT2D eigenvalue weighted by Gasteiger charge is 2.40. The summed E-state index contributed by atoms with van der Waals surface area (Å²) < 4.78 is 1.60. The summed E-state index contributed by atoms with van der Waals surface area (Å²) in [6.45, 7) is 7.97. The molecule has 1 aliphatic heterocycles. The van der Waals surface area contributed by atoms with Crippen LogP contribution in [0.1, 0.15) is 64.0 Å². The van der Waals surface area contributed by atoms with Gasteiger partial charge in [-0.15, -0.1) is 0 Å². The lowest BCUT2D eigenvalue weighted by molar-refractivity contribution is 0.0416. The molecule has 0 aliphatic carbocycles. The number of amides is 1. The number of aromatic nitrogens is 4. The molecule has 0 saturated carbocycles. The molecule has 0 spiro atoms. The summed E-state index contributed by atoms with van der Waals surface area (Å²) in [5.74, 6) is 0.316. The highest BCUT2D eigenvalue weighted by Crippen LogP contribution is 2.38. The van der Waals surface area contributed by atoms with E-state index in [9.17, 15) is 20.0 Å². The lowest BCUT2D eigenvalue weighted by Crippen LogP contribution is -2.52. The van der Waals surface area contributed by atoms with E-state index < -0.39 is 12.1 Å². The number of nitrogens with two attached hydrogens (primary N) is 2. The first-order valence-electron chi connectivity index (χ1n) is 12.1. The summed E-state index contributed by atoms with van der Waals surface area (Å²) in [6.07, 6.45) is -0.176. The fourth-order valence-electron chi connectivity index (χ4n) is 5.09. The molecular weight excluding hydrogens is 510 g/mol. The quantitative estimate of drug-likeness (QED) is 0.379. The van der Waals surface area contributed by atoms with Crippen molar-refractivity contribution in [3.63, 3.8) is 0 Å². The molecule has 3 heterocycles. The molecule has 200 valence electrons. The molecule has 3 atom stereocenters. The topological polar surface area (TPSA) is 189 Å². The predicted molar refractivity (Wildman–Crippen MR) is 145 cm³/mol. The van der Waals surface area contributed by atoms with Gasteiger partial charge in [-0.1, -0.05) is 38.4 Å². The molecule has 1 fully saturated rings. The third-order valence-corrected chi connectivity index (χ3v) is 7.21. The van der Waals surface area contributed by atoms with Gasteiger partial charge in [0, 0.05) is 18.6 Å². The van der Waals surface area contributed by atoms with E-state index in [4.69, 9.17) is 28.1 Å². The minimum absolute atomic E-state index is 0.0198. The first-order chi connectivity index (χ1) is 17.8. The zero-order valence-electron chi connectivity index (χ0n) is 21.6. The number of nitrogen functional groups attached to an aromatic ring is 2. The summed E-state index contributed by atoms with van der Waals surface area (Å²) in [7, 11) is 0. The van der Waals surface area contributed by atoms with E-state index in [2.05, 4.69) is 15.3 Å². The van der Waals surface area contributed by atoms with Crippen LogP contribution in [0.15, 0.2) is 23.0 Å². The van der Waals surface area contributed by atoms with Gasteiger partial charge in [0.1, 0.15) is 23.3 Å². The number of rotatable bonds is 4. The Morgan fingerprint density at radius 3 is 2.63 bits per heavy atom. The van der Waals surface area contributed by atoms with Crippen LogP contribution in [-0.4, -0.2) is 48.2 Å². The van der Waals surface area contributed by atoms with Crippen LogP contribution in [0.5, 0.6) is 0 Å². The Kier molecular flexibility index (Phi) is 7.08. The minimum Gasteiger partial charge on any atom is -0.465 e. The smallest absolute Gasteiger partial charge is 0.407 e. The molecule has 1 aliphatic rings. The standard InChI is InChI=1S/C25H30ClN9O3/c1-12(30-20-14(11-27)19(28)32-23(29)33-20)21-31-16-7-5-6-15(26)18(16)22(36)35(21)13-8-9-34(24(37)38)17(10-13)25(2,3)4/h5-7,12-13,17H,8-10H2,1-4H3,(H,37,38)(H5,28,29,30,32,33). The van der Waals surface area contributed by atoms with E-state index in [1.807, 2.05) is 26.8 Å². The van der Waals surface area contributed by atoms with Crippen LogP contribution in [0.2, 0.25) is 5.02 Å². The minimum atomic E-state index is -0.992. The van der Waals surface area contributed by atoms with Gasteiger partial charge in [0.05, 0.1) is 22.0 Å². The van der Waals surface area contributed by atoms with Crippen molar-refractivity contribution >= 4 is 46.2 Å². The van der Waals surface area contributed by atoms with E-state index in [1.165, 1.54) is 4.90 Å². The number of nitrogens with one attached hydrogen (secondary N) is 1. The lowest BCUT2D eigenvalue weighted by Gasteiger charge is -2.45. The van der Waals surface area contributed by atoms with Crippen LogP contribution in [0.3, 0.4) is 0 Å². The van der Waals surface area contributed by atoms with Gasteiger partial charge in [-0.2, -0.15) is 15.2 Å². The maximum atomic E-state index is 14.0. The Morgan fingerprint density at radius 2 is 2.00 bits per heavy atom. The van der Waals surface area contributed by atoms with E-state index >= 15 is 0 Å². The van der Waals surface area contributed by atoms with Crippen molar-refractivity contribution in [1.29, 1.82) is 5.26 Å². The van der Waals surface area contributed by atoms with Gasteiger partial charge in [-0.3, -0.25) is 9.36 Å². The third kappa shape index (κ3) is 4.89. The van der Waals surface area contributed by atoms with Crippen molar-refractivity contribution in [2.24, 2.45) is 5.41 Å². The molecular formula is C25H30ClN9O3. The normalized spacial score (nSPS) is 18.7. The van der Waals surface area contributed by atoms with Crippen LogP contribution in [0, 0.1) is 16.7 Å². The number of nitriles is 1. The van der Waals surface area contributed by atoms with E-state index in [1.54, 1.807) is 29.7 Å². The van der Waals surface area contributed by atoms with E-state index in [-0.39, 0.29) is 63.2 Å². The summed E-state index contributed by atoms with van der Waals surface area (Å²) in [5, 5.41) is 23.1. The van der Waals surface area contributed by atoms with Crippen LogP contribution in [0.4, 0.5) is 22.4 Å². The predicted octanol–water partition coefficient (Wildman–Crippen LogP) is 3.78. The summed E-state index contributed by atoms with van der Waals surface area (Å²) in [4.78, 5) is 40.2. The van der Waals surface area contributed by atoms with Gasteiger partial charge >= 0.3 is 6.09 Å². The summed E-state index contributed by atoms with van der Waals surface area (Å²) in [6, 6.07) is 5.71. The number of hydrogen-bond acceptors (Lipinski definition) is 9. The van der Waals surface area contributed by atoms with Crippen molar-refractivity contribution in [3.8, 4) is 6.07 Å². The first-order valence-corrected chi connectivity index (χ1v) is 12.5. The van der Waals surface area contributed by atoms with Crippen molar-refractivity contribution < 1.29 is 9.90 Å². The fraction of sp³-hybridized carbons (Fsp3) is 0.440.